The lowest BCUT2D eigenvalue weighted by atomic mass is 9.65. The molecule has 154 valence electrons. The summed E-state index contributed by atoms with van der Waals surface area (Å²) in [6, 6.07) is 17.0. The molecule has 0 aromatic heterocycles. The Bertz CT molecular complexity index is 879. The number of hydrogen-bond donors (Lipinski definition) is 2. The SMILES string of the molecule is CC(C)(O)C1(C)OBc2cccc(c2)[SiH2]c2cccc(c2)BOC(C)(C)C1(C)O. The summed E-state index contributed by atoms with van der Waals surface area (Å²) in [7, 11) is 0.0686. The zero-order valence-electron chi connectivity index (χ0n) is 18.5. The van der Waals surface area contributed by atoms with Gasteiger partial charge >= 0.3 is 15.0 Å². The second-order valence-corrected chi connectivity index (χ2v) is 11.6. The molecule has 3 rings (SSSR count). The van der Waals surface area contributed by atoms with Gasteiger partial charge in [0.05, 0.1) is 20.7 Å². The zero-order chi connectivity index (χ0) is 21.5. The maximum atomic E-state index is 11.7. The van der Waals surface area contributed by atoms with Crippen molar-refractivity contribution in [2.45, 2.75) is 63.9 Å². The first-order valence-electron chi connectivity index (χ1n) is 10.2. The molecule has 0 amide bonds. The topological polar surface area (TPSA) is 58.9 Å². The Morgan fingerprint density at radius 3 is 1.83 bits per heavy atom. The van der Waals surface area contributed by atoms with Crippen molar-refractivity contribution in [2.75, 3.05) is 0 Å². The molecule has 0 saturated heterocycles. The van der Waals surface area contributed by atoms with Crippen LogP contribution in [0, 0.1) is 0 Å². The van der Waals surface area contributed by atoms with E-state index >= 15 is 0 Å². The third-order valence-corrected chi connectivity index (χ3v) is 8.48. The largest absolute Gasteiger partial charge is 0.427 e. The Labute approximate surface area is 178 Å². The Balaban J connectivity index is 2.11. The molecule has 2 atom stereocenters. The number of rotatable bonds is 1. The quantitative estimate of drug-likeness (QED) is 0.585. The Morgan fingerprint density at radius 1 is 0.862 bits per heavy atom. The van der Waals surface area contributed by atoms with Gasteiger partial charge in [0.2, 0.25) is 0 Å². The molecule has 7 heteroatoms. The molecular formula is C22H32B2O4Si. The van der Waals surface area contributed by atoms with Gasteiger partial charge in [0.25, 0.3) is 0 Å². The van der Waals surface area contributed by atoms with Crippen LogP contribution >= 0.6 is 0 Å². The first-order chi connectivity index (χ1) is 13.4. The molecule has 2 N–H and O–H groups in total. The zero-order valence-corrected chi connectivity index (χ0v) is 19.9. The first kappa shape index (κ1) is 22.3. The highest BCUT2D eigenvalue weighted by Crippen LogP contribution is 2.43. The van der Waals surface area contributed by atoms with E-state index in [-0.39, 0.29) is 0 Å². The monoisotopic (exact) mass is 410 g/mol. The fourth-order valence-electron chi connectivity index (χ4n) is 4.01. The summed E-state index contributed by atoms with van der Waals surface area (Å²) >= 11 is 0. The Hall–Kier alpha value is -1.37. The van der Waals surface area contributed by atoms with Gasteiger partial charge in [-0.25, -0.2) is 0 Å². The minimum absolute atomic E-state index is 0.301. The van der Waals surface area contributed by atoms with Crippen molar-refractivity contribution in [1.82, 2.24) is 0 Å². The van der Waals surface area contributed by atoms with Gasteiger partial charge in [-0.05, 0) is 41.5 Å². The second-order valence-electron chi connectivity index (χ2n) is 9.57. The van der Waals surface area contributed by atoms with E-state index in [1.54, 1.807) is 27.7 Å². The van der Waals surface area contributed by atoms with E-state index in [2.05, 4.69) is 42.5 Å². The highest BCUT2D eigenvalue weighted by atomic mass is 28.2. The summed E-state index contributed by atoms with van der Waals surface area (Å²) in [6.07, 6.45) is 0. The Morgan fingerprint density at radius 2 is 1.34 bits per heavy atom. The average molecular weight is 410 g/mol. The lowest BCUT2D eigenvalue weighted by Gasteiger charge is -2.56. The summed E-state index contributed by atoms with van der Waals surface area (Å²) in [5.41, 5.74) is -2.91. The molecule has 4 nitrogen and oxygen atoms in total. The number of fused-ring (bicyclic) bond motifs is 4. The van der Waals surface area contributed by atoms with Gasteiger partial charge in [-0.3, -0.25) is 0 Å². The fourth-order valence-corrected chi connectivity index (χ4v) is 5.72. The van der Waals surface area contributed by atoms with Crippen LogP contribution in [-0.2, 0) is 9.31 Å². The predicted molar refractivity (Wildman–Crippen MR) is 126 cm³/mol. The van der Waals surface area contributed by atoms with Crippen LogP contribution in [0.4, 0.5) is 0 Å². The molecule has 0 fully saturated rings. The van der Waals surface area contributed by atoms with Crippen molar-refractivity contribution < 1.29 is 19.5 Å². The van der Waals surface area contributed by atoms with Gasteiger partial charge in [-0.2, -0.15) is 0 Å². The maximum absolute atomic E-state index is 11.7. The van der Waals surface area contributed by atoms with Crippen LogP contribution < -0.4 is 21.3 Å². The van der Waals surface area contributed by atoms with Crippen molar-refractivity contribution in [2.24, 2.45) is 0 Å². The standard InChI is InChI=1S/C22H32B2O4Si/c1-19(2,25)22(6)21(5,26)20(3,4)27-23-15-9-7-11-17(13-15)29-18-12-8-10-16(14-18)24-28-22/h7-14,23-26H,29H2,1-6H3. The lowest BCUT2D eigenvalue weighted by Crippen LogP contribution is -2.72. The molecular weight excluding hydrogens is 378 g/mol. The van der Waals surface area contributed by atoms with Gasteiger partial charge in [0, 0.05) is 0 Å². The van der Waals surface area contributed by atoms with E-state index in [0.29, 0.717) is 15.0 Å². The van der Waals surface area contributed by atoms with Crippen molar-refractivity contribution >= 4 is 45.8 Å². The van der Waals surface area contributed by atoms with Crippen LogP contribution in [0.3, 0.4) is 0 Å². The highest BCUT2D eigenvalue weighted by Gasteiger charge is 2.60. The maximum Gasteiger partial charge on any atom is 0.309 e. The summed E-state index contributed by atoms with van der Waals surface area (Å²) < 4.78 is 12.6. The summed E-state index contributed by atoms with van der Waals surface area (Å²) in [6.45, 7) is 10.5. The lowest BCUT2D eigenvalue weighted by molar-refractivity contribution is -0.254. The fraction of sp³-hybridized carbons (Fsp3) is 0.455. The molecule has 0 saturated carbocycles. The van der Waals surface area contributed by atoms with E-state index in [0.717, 1.165) is 10.9 Å². The molecule has 0 spiro atoms. The Kier molecular flexibility index (Phi) is 5.93. The summed E-state index contributed by atoms with van der Waals surface area (Å²) in [5.74, 6) is 0. The van der Waals surface area contributed by atoms with Gasteiger partial charge < -0.3 is 19.5 Å². The molecule has 0 radical (unpaired) electrons. The molecule has 0 aliphatic carbocycles. The molecule has 2 aromatic carbocycles. The predicted octanol–water partition coefficient (Wildman–Crippen LogP) is -1.13. The smallest absolute Gasteiger partial charge is 0.309 e. The molecule has 29 heavy (non-hydrogen) atoms. The molecule has 1 aliphatic rings. The third kappa shape index (κ3) is 4.25. The minimum atomic E-state index is -1.48. The number of aliphatic hydroxyl groups is 2. The van der Waals surface area contributed by atoms with Crippen molar-refractivity contribution in [3.63, 3.8) is 0 Å². The van der Waals surface area contributed by atoms with Crippen molar-refractivity contribution in [1.29, 1.82) is 0 Å². The molecule has 2 unspecified atom stereocenters. The van der Waals surface area contributed by atoms with E-state index in [4.69, 9.17) is 9.31 Å². The first-order valence-corrected chi connectivity index (χ1v) is 11.7. The third-order valence-electron chi connectivity index (χ3n) is 6.79. The van der Waals surface area contributed by atoms with E-state index < -0.39 is 31.9 Å². The minimum Gasteiger partial charge on any atom is -0.427 e. The van der Waals surface area contributed by atoms with Gasteiger partial charge in [-0.1, -0.05) is 69.8 Å². The van der Waals surface area contributed by atoms with Gasteiger partial charge in [0.15, 0.2) is 0 Å². The van der Waals surface area contributed by atoms with Crippen LogP contribution in [0.5, 0.6) is 0 Å². The summed E-state index contributed by atoms with van der Waals surface area (Å²) in [5, 5.41) is 25.4. The van der Waals surface area contributed by atoms with Crippen LogP contribution in [0.25, 0.3) is 0 Å². The molecule has 2 aromatic rings. The van der Waals surface area contributed by atoms with E-state index in [9.17, 15) is 10.2 Å². The molecule has 4 bridgehead atoms. The molecule has 1 heterocycles. The van der Waals surface area contributed by atoms with Crippen LogP contribution in [0.2, 0.25) is 0 Å². The van der Waals surface area contributed by atoms with E-state index in [1.807, 2.05) is 19.9 Å². The van der Waals surface area contributed by atoms with Gasteiger partial charge in [0.1, 0.15) is 11.2 Å². The van der Waals surface area contributed by atoms with Crippen LogP contribution in [0.15, 0.2) is 48.5 Å². The van der Waals surface area contributed by atoms with E-state index in [1.165, 1.54) is 10.4 Å². The second kappa shape index (κ2) is 7.71. The van der Waals surface area contributed by atoms with Crippen LogP contribution in [0.1, 0.15) is 41.5 Å². The number of hydrogen-bond acceptors (Lipinski definition) is 4. The molecule has 1 aliphatic heterocycles. The van der Waals surface area contributed by atoms with Crippen molar-refractivity contribution in [3.8, 4) is 0 Å². The summed E-state index contributed by atoms with van der Waals surface area (Å²) in [4.78, 5) is 0. The van der Waals surface area contributed by atoms with Gasteiger partial charge in [-0.15, -0.1) is 0 Å². The number of benzene rings is 2. The highest BCUT2D eigenvalue weighted by molar-refractivity contribution is 6.68. The van der Waals surface area contributed by atoms with Crippen LogP contribution in [-0.4, -0.2) is 57.1 Å². The average Bonchev–Trinajstić information content (AvgIpc) is 2.63. The normalized spacial score (nSPS) is 28.1. The van der Waals surface area contributed by atoms with Crippen molar-refractivity contribution in [3.05, 3.63) is 48.5 Å².